The van der Waals surface area contributed by atoms with Gasteiger partial charge in [0.05, 0.1) is 0 Å². The highest BCUT2D eigenvalue weighted by Crippen LogP contribution is 2.26. The molecular formula is C39H56N6O4. The third-order valence-electron chi connectivity index (χ3n) is 9.78. The summed E-state index contributed by atoms with van der Waals surface area (Å²) < 4.78 is 12.9. The molecule has 0 radical (unpaired) electrons. The lowest BCUT2D eigenvalue weighted by Crippen LogP contribution is -2.54. The lowest BCUT2D eigenvalue weighted by molar-refractivity contribution is -0.00311. The Bertz CT molecular complexity index is 1540. The summed E-state index contributed by atoms with van der Waals surface area (Å²) in [4.78, 5) is 37.5. The van der Waals surface area contributed by atoms with Crippen molar-refractivity contribution in [2.75, 3.05) is 76.0 Å². The molecule has 266 valence electrons. The zero-order valence-electron chi connectivity index (χ0n) is 30.7. The van der Waals surface area contributed by atoms with Crippen molar-refractivity contribution in [1.29, 1.82) is 0 Å². The van der Waals surface area contributed by atoms with E-state index in [9.17, 15) is 9.59 Å². The van der Waals surface area contributed by atoms with Crippen molar-refractivity contribution in [3.63, 3.8) is 0 Å². The number of aryl methyl sites for hydroxylation is 1. The maximum Gasteiger partial charge on any atom is 0.412 e. The zero-order valence-corrected chi connectivity index (χ0v) is 30.7. The average molecular weight is 673 g/mol. The first-order valence-corrected chi connectivity index (χ1v) is 17.7. The van der Waals surface area contributed by atoms with Crippen molar-refractivity contribution < 1.29 is 19.1 Å². The molecule has 0 N–H and O–H groups in total. The van der Waals surface area contributed by atoms with Gasteiger partial charge in [0, 0.05) is 96.2 Å². The Hall–Kier alpha value is -4.02. The van der Waals surface area contributed by atoms with Crippen molar-refractivity contribution >= 4 is 23.4 Å². The molecule has 0 saturated carbocycles. The summed E-state index contributed by atoms with van der Waals surface area (Å²) in [5, 5.41) is 0. The SMILES string of the molecule is COCN(CCCc1ccccc1N1CCN(Cc2cc(C(=O)N3CCN(c4ccccc4)CC3C)n(C)c2C)CC1)C(=O)OC(C)(C)C. The molecule has 2 aliphatic heterocycles. The normalized spacial score (nSPS) is 17.4. The van der Waals surface area contributed by atoms with E-state index in [-0.39, 0.29) is 24.8 Å². The fourth-order valence-electron chi connectivity index (χ4n) is 6.98. The fraction of sp³-hybridized carbons (Fsp3) is 0.538. The minimum absolute atomic E-state index is 0.120. The number of amides is 2. The van der Waals surface area contributed by atoms with Crippen molar-refractivity contribution in [3.05, 3.63) is 83.2 Å². The number of ether oxygens (including phenoxy) is 2. The molecule has 2 aromatic carbocycles. The molecule has 49 heavy (non-hydrogen) atoms. The van der Waals surface area contributed by atoms with Gasteiger partial charge in [-0.2, -0.15) is 0 Å². The number of carbonyl (C=O) groups excluding carboxylic acids is 2. The molecule has 1 atom stereocenters. The summed E-state index contributed by atoms with van der Waals surface area (Å²) in [7, 11) is 3.62. The second kappa shape index (κ2) is 16.1. The minimum atomic E-state index is -0.547. The van der Waals surface area contributed by atoms with Crippen LogP contribution in [0.5, 0.6) is 0 Å². The summed E-state index contributed by atoms with van der Waals surface area (Å²) in [5.74, 6) is 0.120. The molecule has 0 aliphatic carbocycles. The molecule has 1 aromatic heterocycles. The molecule has 1 unspecified atom stereocenters. The van der Waals surface area contributed by atoms with E-state index >= 15 is 0 Å². The molecular weight excluding hydrogens is 616 g/mol. The maximum atomic E-state index is 13.8. The second-order valence-corrected chi connectivity index (χ2v) is 14.5. The number of piperazine rings is 2. The highest BCUT2D eigenvalue weighted by atomic mass is 16.6. The Morgan fingerprint density at radius 3 is 2.24 bits per heavy atom. The lowest BCUT2D eigenvalue weighted by Gasteiger charge is -2.41. The Morgan fingerprint density at radius 1 is 0.898 bits per heavy atom. The van der Waals surface area contributed by atoms with Gasteiger partial charge in [0.25, 0.3) is 5.91 Å². The van der Waals surface area contributed by atoms with E-state index in [1.54, 1.807) is 12.0 Å². The highest BCUT2D eigenvalue weighted by molar-refractivity contribution is 5.93. The smallest absolute Gasteiger partial charge is 0.412 e. The predicted molar refractivity (Wildman–Crippen MR) is 196 cm³/mol. The standard InChI is InChI=1S/C39H56N6O4/c1-30-27-43(34-16-9-8-10-17-34)24-25-45(30)37(46)36-26-33(31(2)40(36)6)28-41-20-22-42(23-21-41)35-18-12-11-14-32(35)15-13-19-44(29-48-7)38(47)49-39(3,4)5/h8-12,14,16-18,26,30H,13,15,19-25,27-29H2,1-7H3. The third kappa shape index (κ3) is 9.16. The van der Waals surface area contributed by atoms with Crippen LogP contribution >= 0.6 is 0 Å². The predicted octanol–water partition coefficient (Wildman–Crippen LogP) is 5.78. The van der Waals surface area contributed by atoms with Gasteiger partial charge < -0.3 is 28.7 Å². The number of carbonyl (C=O) groups is 2. The monoisotopic (exact) mass is 672 g/mol. The minimum Gasteiger partial charge on any atom is -0.444 e. The summed E-state index contributed by atoms with van der Waals surface area (Å²) in [6.07, 6.45) is 1.33. The van der Waals surface area contributed by atoms with Crippen molar-refractivity contribution in [1.82, 2.24) is 19.3 Å². The van der Waals surface area contributed by atoms with Crippen LogP contribution in [0.2, 0.25) is 0 Å². The first-order valence-electron chi connectivity index (χ1n) is 17.7. The van der Waals surface area contributed by atoms with Crippen LogP contribution in [0.15, 0.2) is 60.7 Å². The topological polar surface area (TPSA) is 73.7 Å². The van der Waals surface area contributed by atoms with Gasteiger partial charge in [-0.1, -0.05) is 36.4 Å². The van der Waals surface area contributed by atoms with E-state index in [4.69, 9.17) is 9.47 Å². The van der Waals surface area contributed by atoms with Crippen molar-refractivity contribution in [2.45, 2.75) is 65.6 Å². The third-order valence-corrected chi connectivity index (χ3v) is 9.78. The van der Waals surface area contributed by atoms with Crippen LogP contribution in [-0.2, 0) is 29.5 Å². The Kier molecular flexibility index (Phi) is 11.9. The quantitative estimate of drug-likeness (QED) is 0.239. The van der Waals surface area contributed by atoms with Gasteiger partial charge in [0.2, 0.25) is 0 Å². The van der Waals surface area contributed by atoms with Crippen LogP contribution in [0.4, 0.5) is 16.2 Å². The van der Waals surface area contributed by atoms with E-state index in [0.717, 1.165) is 70.0 Å². The Morgan fingerprint density at radius 2 is 1.57 bits per heavy atom. The van der Waals surface area contributed by atoms with Crippen LogP contribution < -0.4 is 9.80 Å². The van der Waals surface area contributed by atoms with Crippen LogP contribution in [0, 0.1) is 6.92 Å². The van der Waals surface area contributed by atoms with E-state index in [1.807, 2.05) is 38.8 Å². The summed E-state index contributed by atoms with van der Waals surface area (Å²) in [6, 6.07) is 21.3. The molecule has 2 amide bonds. The van der Waals surface area contributed by atoms with Gasteiger partial charge >= 0.3 is 6.09 Å². The molecule has 5 rings (SSSR count). The first kappa shape index (κ1) is 36.3. The number of nitrogens with zero attached hydrogens (tertiary/aromatic N) is 6. The number of methoxy groups -OCH3 is 1. The molecule has 0 bridgehead atoms. The number of anilines is 2. The van der Waals surface area contributed by atoms with E-state index in [0.29, 0.717) is 13.1 Å². The summed E-state index contributed by atoms with van der Waals surface area (Å²) in [6.45, 7) is 17.7. The summed E-state index contributed by atoms with van der Waals surface area (Å²) in [5.41, 5.74) is 6.37. The van der Waals surface area contributed by atoms with E-state index < -0.39 is 5.60 Å². The van der Waals surface area contributed by atoms with Gasteiger partial charge in [-0.3, -0.25) is 14.6 Å². The molecule has 3 heterocycles. The largest absolute Gasteiger partial charge is 0.444 e. The molecule has 10 heteroatoms. The van der Waals surface area contributed by atoms with Crippen molar-refractivity contribution in [2.24, 2.45) is 7.05 Å². The number of benzene rings is 2. The second-order valence-electron chi connectivity index (χ2n) is 14.5. The van der Waals surface area contributed by atoms with Gasteiger partial charge in [0.15, 0.2) is 0 Å². The van der Waals surface area contributed by atoms with Gasteiger partial charge in [-0.05, 0) is 82.9 Å². The lowest BCUT2D eigenvalue weighted by atomic mass is 10.1. The number of para-hydroxylation sites is 2. The number of aromatic nitrogens is 1. The molecule has 2 fully saturated rings. The molecule has 2 aliphatic rings. The molecule has 0 spiro atoms. The van der Waals surface area contributed by atoms with Gasteiger partial charge in [-0.25, -0.2) is 4.79 Å². The fourth-order valence-corrected chi connectivity index (χ4v) is 6.98. The number of hydrogen-bond acceptors (Lipinski definition) is 7. The number of hydrogen-bond donors (Lipinski definition) is 0. The highest BCUT2D eigenvalue weighted by Gasteiger charge is 2.31. The van der Waals surface area contributed by atoms with Gasteiger partial charge in [-0.15, -0.1) is 0 Å². The van der Waals surface area contributed by atoms with Crippen LogP contribution in [0.25, 0.3) is 0 Å². The van der Waals surface area contributed by atoms with E-state index in [2.05, 4.69) is 87.7 Å². The zero-order chi connectivity index (χ0) is 35.1. The maximum absolute atomic E-state index is 13.8. The average Bonchev–Trinajstić information content (AvgIpc) is 3.36. The van der Waals surface area contributed by atoms with Crippen LogP contribution in [0.1, 0.15) is 61.4 Å². The Balaban J connectivity index is 1.15. The van der Waals surface area contributed by atoms with Crippen LogP contribution in [0.3, 0.4) is 0 Å². The summed E-state index contributed by atoms with van der Waals surface area (Å²) >= 11 is 0. The Labute approximate surface area is 293 Å². The molecule has 2 saturated heterocycles. The first-order chi connectivity index (χ1) is 23.4. The van der Waals surface area contributed by atoms with Gasteiger partial charge in [0.1, 0.15) is 18.0 Å². The number of rotatable bonds is 11. The van der Waals surface area contributed by atoms with E-state index in [1.165, 1.54) is 22.5 Å². The van der Waals surface area contributed by atoms with Crippen LogP contribution in [-0.4, -0.2) is 109 Å². The van der Waals surface area contributed by atoms with Crippen molar-refractivity contribution in [3.8, 4) is 0 Å². The molecule has 3 aromatic rings. The molecule has 10 nitrogen and oxygen atoms in total.